The third-order valence-electron chi connectivity index (χ3n) is 3.18. The molecule has 1 aromatic heterocycles. The number of aromatic nitrogens is 1. The normalized spacial score (nSPS) is 11.4. The predicted molar refractivity (Wildman–Crippen MR) is 83.9 cm³/mol. The molecule has 0 unspecified atom stereocenters. The lowest BCUT2D eigenvalue weighted by atomic mass is 10.2. The zero-order valence-electron chi connectivity index (χ0n) is 11.9. The van der Waals surface area contributed by atoms with Crippen LogP contribution in [-0.4, -0.2) is 31.3 Å². The molecule has 22 heavy (non-hydrogen) atoms. The van der Waals surface area contributed by atoms with Crippen LogP contribution < -0.4 is 0 Å². The van der Waals surface area contributed by atoms with Gasteiger partial charge in [-0.2, -0.15) is 5.26 Å². The zero-order valence-corrected chi connectivity index (χ0v) is 13.5. The molecule has 114 valence electrons. The summed E-state index contributed by atoms with van der Waals surface area (Å²) in [4.78, 5) is 4.23. The lowest BCUT2D eigenvalue weighted by Crippen LogP contribution is -2.29. The highest BCUT2D eigenvalue weighted by molar-refractivity contribution is 7.89. The first-order valence-corrected chi connectivity index (χ1v) is 8.33. The minimum absolute atomic E-state index is 0.0695. The van der Waals surface area contributed by atoms with Gasteiger partial charge in [-0.05, 0) is 30.3 Å². The van der Waals surface area contributed by atoms with Crippen LogP contribution in [0.2, 0.25) is 5.02 Å². The van der Waals surface area contributed by atoms with E-state index < -0.39 is 10.0 Å². The predicted octanol–water partition coefficient (Wildman–Crippen LogP) is 2.47. The Labute approximate surface area is 134 Å². The van der Waals surface area contributed by atoms with Crippen molar-refractivity contribution < 1.29 is 8.42 Å². The highest BCUT2D eigenvalue weighted by Crippen LogP contribution is 2.22. The number of benzene rings is 1. The summed E-state index contributed by atoms with van der Waals surface area (Å²) in [6, 6.07) is 11.5. The Hall–Kier alpha value is -1.94. The molecule has 0 bridgehead atoms. The molecular formula is C15H14ClN3O2S. The number of halogens is 1. The summed E-state index contributed by atoms with van der Waals surface area (Å²) in [7, 11) is -2.14. The van der Waals surface area contributed by atoms with Crippen LogP contribution in [0.15, 0.2) is 47.5 Å². The molecule has 5 nitrogen and oxygen atoms in total. The summed E-state index contributed by atoms with van der Waals surface area (Å²) in [6.45, 7) is 0.303. The van der Waals surface area contributed by atoms with Gasteiger partial charge in [-0.25, -0.2) is 12.7 Å². The third-order valence-corrected chi connectivity index (χ3v) is 5.34. The lowest BCUT2D eigenvalue weighted by Gasteiger charge is -2.17. The van der Waals surface area contributed by atoms with Crippen molar-refractivity contribution in [1.29, 1.82) is 5.26 Å². The second kappa shape index (κ2) is 6.88. The molecule has 0 atom stereocenters. The Kier molecular flexibility index (Phi) is 5.14. The van der Waals surface area contributed by atoms with Crippen LogP contribution in [0.1, 0.15) is 11.3 Å². The van der Waals surface area contributed by atoms with Crippen molar-refractivity contribution in [3.8, 4) is 6.07 Å². The second-order valence-electron chi connectivity index (χ2n) is 4.65. The summed E-state index contributed by atoms with van der Waals surface area (Å²) in [6.07, 6.45) is 2.19. The Morgan fingerprint density at radius 3 is 2.68 bits per heavy atom. The van der Waals surface area contributed by atoms with E-state index in [1.54, 1.807) is 6.20 Å². The molecule has 0 spiro atoms. The van der Waals surface area contributed by atoms with E-state index in [1.165, 1.54) is 29.6 Å². The molecule has 1 aromatic carbocycles. The minimum Gasteiger partial charge on any atom is -0.261 e. The van der Waals surface area contributed by atoms with Crippen molar-refractivity contribution in [2.24, 2.45) is 0 Å². The van der Waals surface area contributed by atoms with E-state index in [0.717, 1.165) is 5.69 Å². The molecular weight excluding hydrogens is 322 g/mol. The highest BCUT2D eigenvalue weighted by Gasteiger charge is 2.21. The Morgan fingerprint density at radius 2 is 2.09 bits per heavy atom. The van der Waals surface area contributed by atoms with Crippen LogP contribution in [0.5, 0.6) is 0 Å². The molecule has 0 amide bonds. The number of sulfonamides is 1. The number of likely N-dealkylation sites (N-methyl/N-ethyl adjacent to an activating group) is 1. The van der Waals surface area contributed by atoms with Crippen LogP contribution in [0.3, 0.4) is 0 Å². The zero-order chi connectivity index (χ0) is 16.2. The van der Waals surface area contributed by atoms with Crippen LogP contribution in [-0.2, 0) is 16.4 Å². The van der Waals surface area contributed by atoms with Gasteiger partial charge in [-0.3, -0.25) is 4.98 Å². The maximum absolute atomic E-state index is 12.5. The number of nitrogens with zero attached hydrogens (tertiary/aromatic N) is 3. The van der Waals surface area contributed by atoms with Gasteiger partial charge < -0.3 is 0 Å². The van der Waals surface area contributed by atoms with Gasteiger partial charge in [0.25, 0.3) is 0 Å². The quantitative estimate of drug-likeness (QED) is 0.841. The minimum atomic E-state index is -3.64. The molecule has 7 heteroatoms. The summed E-state index contributed by atoms with van der Waals surface area (Å²) < 4.78 is 26.2. The van der Waals surface area contributed by atoms with E-state index in [9.17, 15) is 8.42 Å². The average molecular weight is 336 g/mol. The number of nitriles is 1. The van der Waals surface area contributed by atoms with Crippen molar-refractivity contribution in [1.82, 2.24) is 9.29 Å². The van der Waals surface area contributed by atoms with Crippen molar-refractivity contribution >= 4 is 21.6 Å². The largest absolute Gasteiger partial charge is 0.261 e. The molecule has 0 aliphatic rings. The smallest absolute Gasteiger partial charge is 0.242 e. The first-order chi connectivity index (χ1) is 10.4. The van der Waals surface area contributed by atoms with Crippen molar-refractivity contribution in [2.75, 3.05) is 13.6 Å². The summed E-state index contributed by atoms with van der Waals surface area (Å²) >= 11 is 5.90. The fourth-order valence-electron chi connectivity index (χ4n) is 1.87. The summed E-state index contributed by atoms with van der Waals surface area (Å²) in [5, 5.41) is 8.96. The SMILES string of the molecule is CN(CCc1ccccn1)S(=O)(=O)c1ccc(C#N)c(Cl)c1. The van der Waals surface area contributed by atoms with Gasteiger partial charge in [0.2, 0.25) is 10.0 Å². The van der Waals surface area contributed by atoms with E-state index in [4.69, 9.17) is 16.9 Å². The maximum Gasteiger partial charge on any atom is 0.242 e. The van der Waals surface area contributed by atoms with E-state index >= 15 is 0 Å². The van der Waals surface area contributed by atoms with Crippen LogP contribution in [0.4, 0.5) is 0 Å². The van der Waals surface area contributed by atoms with Gasteiger partial charge in [0.1, 0.15) is 6.07 Å². The van der Waals surface area contributed by atoms with Crippen LogP contribution in [0.25, 0.3) is 0 Å². The average Bonchev–Trinajstić information content (AvgIpc) is 2.53. The van der Waals surface area contributed by atoms with Crippen LogP contribution in [0, 0.1) is 11.3 Å². The number of hydrogen-bond donors (Lipinski definition) is 0. The number of hydrogen-bond acceptors (Lipinski definition) is 4. The molecule has 0 saturated carbocycles. The van der Waals surface area contributed by atoms with E-state index in [1.807, 2.05) is 24.3 Å². The van der Waals surface area contributed by atoms with Gasteiger partial charge in [-0.1, -0.05) is 17.7 Å². The van der Waals surface area contributed by atoms with E-state index in [2.05, 4.69) is 4.98 Å². The van der Waals surface area contributed by atoms with Gasteiger partial charge in [0, 0.05) is 31.9 Å². The Balaban J connectivity index is 2.16. The molecule has 0 fully saturated rings. The maximum atomic E-state index is 12.5. The summed E-state index contributed by atoms with van der Waals surface area (Å²) in [5.74, 6) is 0. The van der Waals surface area contributed by atoms with Gasteiger partial charge in [0.05, 0.1) is 15.5 Å². The van der Waals surface area contributed by atoms with Crippen LogP contribution >= 0.6 is 11.6 Å². The molecule has 0 N–H and O–H groups in total. The fourth-order valence-corrected chi connectivity index (χ4v) is 3.35. The van der Waals surface area contributed by atoms with Gasteiger partial charge in [0.15, 0.2) is 0 Å². The van der Waals surface area contributed by atoms with E-state index in [0.29, 0.717) is 13.0 Å². The molecule has 0 aliphatic carbocycles. The third kappa shape index (κ3) is 3.63. The van der Waals surface area contributed by atoms with Crippen molar-refractivity contribution in [2.45, 2.75) is 11.3 Å². The molecule has 0 radical (unpaired) electrons. The number of pyridine rings is 1. The van der Waals surface area contributed by atoms with E-state index in [-0.39, 0.29) is 15.5 Å². The molecule has 0 saturated heterocycles. The van der Waals surface area contributed by atoms with Gasteiger partial charge in [-0.15, -0.1) is 0 Å². The van der Waals surface area contributed by atoms with Crippen molar-refractivity contribution in [3.05, 3.63) is 58.9 Å². The standard InChI is InChI=1S/C15H14ClN3O2S/c1-19(9-7-13-4-2-3-8-18-13)22(20,21)14-6-5-12(11-17)15(16)10-14/h2-6,8,10H,7,9H2,1H3. The lowest BCUT2D eigenvalue weighted by molar-refractivity contribution is 0.471. The topological polar surface area (TPSA) is 74.1 Å². The Bertz CT molecular complexity index is 801. The van der Waals surface area contributed by atoms with Gasteiger partial charge >= 0.3 is 0 Å². The molecule has 1 heterocycles. The molecule has 0 aliphatic heterocycles. The highest BCUT2D eigenvalue weighted by atomic mass is 35.5. The monoisotopic (exact) mass is 335 g/mol. The first kappa shape index (κ1) is 16.4. The fraction of sp³-hybridized carbons (Fsp3) is 0.200. The molecule has 2 aromatic rings. The molecule has 2 rings (SSSR count). The Morgan fingerprint density at radius 1 is 1.32 bits per heavy atom. The second-order valence-corrected chi connectivity index (χ2v) is 7.10. The van der Waals surface area contributed by atoms with Crippen molar-refractivity contribution in [3.63, 3.8) is 0 Å². The summed E-state index contributed by atoms with van der Waals surface area (Å²) in [5.41, 5.74) is 1.07. The number of rotatable bonds is 5. The first-order valence-electron chi connectivity index (χ1n) is 6.51.